The molecule has 1 unspecified atom stereocenters. The van der Waals surface area contributed by atoms with Gasteiger partial charge in [0.1, 0.15) is 5.75 Å². The number of amides is 2. The monoisotopic (exact) mass is 464 g/mol. The van der Waals surface area contributed by atoms with E-state index in [9.17, 15) is 9.59 Å². The van der Waals surface area contributed by atoms with Crippen molar-refractivity contribution in [1.82, 2.24) is 20.4 Å². The summed E-state index contributed by atoms with van der Waals surface area (Å²) >= 11 is 0. The van der Waals surface area contributed by atoms with Crippen molar-refractivity contribution < 1.29 is 19.1 Å². The number of urea groups is 1. The minimum absolute atomic E-state index is 0.346. The molecule has 4 rings (SSSR count). The van der Waals surface area contributed by atoms with E-state index in [4.69, 9.17) is 9.47 Å². The van der Waals surface area contributed by atoms with Gasteiger partial charge in [0.25, 0.3) is 0 Å². The van der Waals surface area contributed by atoms with E-state index in [0.29, 0.717) is 30.2 Å². The molecule has 0 bridgehead atoms. The number of hydrogen-bond acceptors (Lipinski definition) is 6. The standard InChI is InChI=1S/C26H32N4O4/c1-3-34-22-12-8-7-11-20(22)24-23(25(31)33-2)21(27-26(32)28-24)18-30-15-13-29(14-16-30)17-19-9-5-4-6-10-19/h4-12,24H,3,13-18H2,1-2H3,(H2,27,28,32). The lowest BCUT2D eigenvalue weighted by Crippen LogP contribution is -2.51. The second-order valence-electron chi connectivity index (χ2n) is 8.42. The quantitative estimate of drug-likeness (QED) is 0.585. The van der Waals surface area contributed by atoms with Gasteiger partial charge in [-0.1, -0.05) is 48.5 Å². The molecular formula is C26H32N4O4. The summed E-state index contributed by atoms with van der Waals surface area (Å²) in [6.07, 6.45) is 0. The second-order valence-corrected chi connectivity index (χ2v) is 8.42. The zero-order valence-corrected chi connectivity index (χ0v) is 19.8. The van der Waals surface area contributed by atoms with Gasteiger partial charge >= 0.3 is 12.0 Å². The molecule has 0 aliphatic carbocycles. The van der Waals surface area contributed by atoms with Gasteiger partial charge in [-0.3, -0.25) is 9.80 Å². The van der Waals surface area contributed by atoms with Gasteiger partial charge in [0, 0.05) is 50.5 Å². The molecule has 0 radical (unpaired) electrons. The Labute approximate surface area is 200 Å². The number of carbonyl (C=O) groups excluding carboxylic acids is 2. The molecule has 8 heteroatoms. The third kappa shape index (κ3) is 5.58. The summed E-state index contributed by atoms with van der Waals surface area (Å²) in [5, 5.41) is 5.75. The Morgan fingerprint density at radius 3 is 2.29 bits per heavy atom. The zero-order valence-electron chi connectivity index (χ0n) is 19.8. The lowest BCUT2D eigenvalue weighted by Gasteiger charge is -2.37. The van der Waals surface area contributed by atoms with Crippen molar-refractivity contribution in [3.63, 3.8) is 0 Å². The van der Waals surface area contributed by atoms with Gasteiger partial charge < -0.3 is 20.1 Å². The summed E-state index contributed by atoms with van der Waals surface area (Å²) in [7, 11) is 1.36. The molecule has 2 aromatic rings. The van der Waals surface area contributed by atoms with Crippen LogP contribution in [0.2, 0.25) is 0 Å². The van der Waals surface area contributed by atoms with Crippen LogP contribution in [0.1, 0.15) is 24.1 Å². The Morgan fingerprint density at radius 1 is 0.971 bits per heavy atom. The molecule has 2 heterocycles. The summed E-state index contributed by atoms with van der Waals surface area (Å²) in [5.41, 5.74) is 3.00. The maximum absolute atomic E-state index is 12.9. The van der Waals surface area contributed by atoms with Crippen molar-refractivity contribution >= 4 is 12.0 Å². The van der Waals surface area contributed by atoms with E-state index in [-0.39, 0.29) is 6.03 Å². The molecule has 1 saturated heterocycles. The number of methoxy groups -OCH3 is 1. The van der Waals surface area contributed by atoms with Crippen LogP contribution in [0, 0.1) is 0 Å². The van der Waals surface area contributed by atoms with E-state index < -0.39 is 12.0 Å². The van der Waals surface area contributed by atoms with Crippen LogP contribution >= 0.6 is 0 Å². The maximum atomic E-state index is 12.9. The predicted molar refractivity (Wildman–Crippen MR) is 129 cm³/mol. The molecule has 0 aromatic heterocycles. The summed E-state index contributed by atoms with van der Waals surface area (Å²) < 4.78 is 10.9. The lowest BCUT2D eigenvalue weighted by atomic mass is 9.94. The number of nitrogens with zero attached hydrogens (tertiary/aromatic N) is 2. The molecule has 0 saturated carbocycles. The van der Waals surface area contributed by atoms with Gasteiger partial charge in [0.2, 0.25) is 0 Å². The average molecular weight is 465 g/mol. The predicted octanol–water partition coefficient (Wildman–Crippen LogP) is 2.68. The minimum Gasteiger partial charge on any atom is -0.494 e. The fourth-order valence-corrected chi connectivity index (χ4v) is 4.50. The van der Waals surface area contributed by atoms with Gasteiger partial charge in [-0.2, -0.15) is 0 Å². The van der Waals surface area contributed by atoms with Crippen molar-refractivity contribution in [3.8, 4) is 5.75 Å². The molecule has 0 spiro atoms. The van der Waals surface area contributed by atoms with Crippen molar-refractivity contribution in [3.05, 3.63) is 77.0 Å². The molecule has 2 N–H and O–H groups in total. The molecule has 1 fully saturated rings. The van der Waals surface area contributed by atoms with Gasteiger partial charge in [0.05, 0.1) is 25.3 Å². The molecule has 2 amide bonds. The van der Waals surface area contributed by atoms with E-state index in [1.165, 1.54) is 12.7 Å². The first kappa shape index (κ1) is 23.8. The largest absolute Gasteiger partial charge is 0.494 e. The topological polar surface area (TPSA) is 83.1 Å². The highest BCUT2D eigenvalue weighted by atomic mass is 16.5. The Hall–Kier alpha value is -3.36. The molecule has 1 atom stereocenters. The highest BCUT2D eigenvalue weighted by Crippen LogP contribution is 2.33. The van der Waals surface area contributed by atoms with Crippen LogP contribution in [0.25, 0.3) is 0 Å². The van der Waals surface area contributed by atoms with Crippen LogP contribution in [0.3, 0.4) is 0 Å². The number of ether oxygens (including phenoxy) is 2. The van der Waals surface area contributed by atoms with Crippen molar-refractivity contribution in [1.29, 1.82) is 0 Å². The third-order valence-corrected chi connectivity index (χ3v) is 6.18. The van der Waals surface area contributed by atoms with Gasteiger partial charge in [-0.25, -0.2) is 9.59 Å². The first-order valence-electron chi connectivity index (χ1n) is 11.7. The minimum atomic E-state index is -0.654. The van der Waals surface area contributed by atoms with Gasteiger partial charge in [-0.15, -0.1) is 0 Å². The number of hydrogen-bond donors (Lipinski definition) is 2. The third-order valence-electron chi connectivity index (χ3n) is 6.18. The molecule has 8 nitrogen and oxygen atoms in total. The van der Waals surface area contributed by atoms with Gasteiger partial charge in [-0.05, 0) is 18.6 Å². The first-order valence-corrected chi connectivity index (χ1v) is 11.7. The Morgan fingerprint density at radius 2 is 1.62 bits per heavy atom. The fourth-order valence-electron chi connectivity index (χ4n) is 4.50. The molecule has 2 aliphatic heterocycles. The summed E-state index contributed by atoms with van der Waals surface area (Å²) in [4.78, 5) is 30.2. The molecule has 2 aliphatic rings. The van der Waals surface area contributed by atoms with Crippen LogP contribution in [0.4, 0.5) is 4.79 Å². The average Bonchev–Trinajstić information content (AvgIpc) is 2.86. The summed E-state index contributed by atoms with van der Waals surface area (Å²) in [5.74, 6) is 0.161. The van der Waals surface area contributed by atoms with Crippen LogP contribution in [0.15, 0.2) is 65.9 Å². The number of nitrogens with one attached hydrogen (secondary N) is 2. The Kier molecular flexibility index (Phi) is 7.82. The van der Waals surface area contributed by atoms with Crippen molar-refractivity contribution in [2.75, 3.05) is 46.4 Å². The summed E-state index contributed by atoms with van der Waals surface area (Å²) in [6.45, 7) is 7.27. The number of para-hydroxylation sites is 1. The summed E-state index contributed by atoms with van der Waals surface area (Å²) in [6, 6.07) is 16.9. The SMILES string of the molecule is CCOc1ccccc1C1NC(=O)NC(CN2CCN(Cc3ccccc3)CC2)=C1C(=O)OC. The van der Waals surface area contributed by atoms with E-state index in [0.717, 1.165) is 38.3 Å². The number of rotatable bonds is 8. The van der Waals surface area contributed by atoms with E-state index in [2.05, 4.69) is 44.7 Å². The van der Waals surface area contributed by atoms with Crippen LogP contribution < -0.4 is 15.4 Å². The van der Waals surface area contributed by atoms with E-state index in [1.54, 1.807) is 0 Å². The molecule has 2 aromatic carbocycles. The zero-order chi connectivity index (χ0) is 23.9. The molecule has 180 valence electrons. The molecular weight excluding hydrogens is 432 g/mol. The Balaban J connectivity index is 1.53. The maximum Gasteiger partial charge on any atom is 0.338 e. The first-order chi connectivity index (χ1) is 16.6. The lowest BCUT2D eigenvalue weighted by molar-refractivity contribution is -0.136. The normalized spacial score (nSPS) is 19.4. The van der Waals surface area contributed by atoms with Crippen LogP contribution in [-0.4, -0.2) is 68.2 Å². The number of benzene rings is 2. The molecule has 34 heavy (non-hydrogen) atoms. The number of carbonyl (C=O) groups is 2. The number of piperazine rings is 1. The van der Waals surface area contributed by atoms with Crippen LogP contribution in [0.5, 0.6) is 5.75 Å². The van der Waals surface area contributed by atoms with E-state index in [1.807, 2.05) is 37.3 Å². The number of esters is 1. The van der Waals surface area contributed by atoms with E-state index >= 15 is 0 Å². The van der Waals surface area contributed by atoms with Crippen molar-refractivity contribution in [2.24, 2.45) is 0 Å². The second kappa shape index (κ2) is 11.2. The highest BCUT2D eigenvalue weighted by Gasteiger charge is 2.35. The smallest absolute Gasteiger partial charge is 0.338 e. The highest BCUT2D eigenvalue weighted by molar-refractivity contribution is 5.95. The fraction of sp³-hybridized carbons (Fsp3) is 0.385. The van der Waals surface area contributed by atoms with Crippen molar-refractivity contribution in [2.45, 2.75) is 19.5 Å². The Bertz CT molecular complexity index is 1030. The van der Waals surface area contributed by atoms with Gasteiger partial charge in [0.15, 0.2) is 0 Å². The van der Waals surface area contributed by atoms with Crippen LogP contribution in [-0.2, 0) is 16.1 Å².